The lowest BCUT2D eigenvalue weighted by Crippen LogP contribution is -2.53. The van der Waals surface area contributed by atoms with E-state index in [-0.39, 0.29) is 39.1 Å². The molecule has 3 aromatic rings. The molecule has 0 aromatic heterocycles. The van der Waals surface area contributed by atoms with Gasteiger partial charge in [-0.15, -0.1) is 0 Å². The second-order valence-corrected chi connectivity index (χ2v) is 14.2. The van der Waals surface area contributed by atoms with E-state index in [1.807, 2.05) is 6.92 Å². The summed E-state index contributed by atoms with van der Waals surface area (Å²) in [5, 5.41) is 3.90. The van der Waals surface area contributed by atoms with Gasteiger partial charge in [0.05, 0.1) is 20.6 Å². The number of nitrogens with zero attached hydrogens (tertiary/aromatic N) is 2. The zero-order chi connectivity index (χ0) is 31.3. The highest BCUT2D eigenvalue weighted by atomic mass is 35.5. The van der Waals surface area contributed by atoms with E-state index in [2.05, 4.69) is 5.32 Å². The number of nitrogens with one attached hydrogen (secondary N) is 1. The number of aryl methyl sites for hydroxylation is 1. The maximum absolute atomic E-state index is 14.2. The maximum Gasteiger partial charge on any atom is 0.264 e. The number of hydrogen-bond acceptors (Lipinski definition) is 4. The minimum absolute atomic E-state index is 0.0171. The Balaban J connectivity index is 1.73. The summed E-state index contributed by atoms with van der Waals surface area (Å²) in [6.07, 6.45) is 4.90. The second-order valence-electron chi connectivity index (χ2n) is 10.7. The highest BCUT2D eigenvalue weighted by Gasteiger charge is 2.34. The van der Waals surface area contributed by atoms with Crippen molar-refractivity contribution in [3.63, 3.8) is 0 Å². The van der Waals surface area contributed by atoms with Gasteiger partial charge in [-0.2, -0.15) is 0 Å². The van der Waals surface area contributed by atoms with E-state index in [9.17, 15) is 18.0 Å². The van der Waals surface area contributed by atoms with Gasteiger partial charge in [-0.3, -0.25) is 13.9 Å². The summed E-state index contributed by atoms with van der Waals surface area (Å²) in [6, 6.07) is 14.7. The molecule has 0 radical (unpaired) electrons. The van der Waals surface area contributed by atoms with E-state index in [0.717, 1.165) is 42.0 Å². The first-order valence-corrected chi connectivity index (χ1v) is 16.9. The van der Waals surface area contributed by atoms with Crippen LogP contribution in [0.3, 0.4) is 0 Å². The number of halogens is 4. The molecule has 1 fully saturated rings. The first kappa shape index (κ1) is 33.4. The quantitative estimate of drug-likeness (QED) is 0.238. The number of sulfonamides is 1. The highest BCUT2D eigenvalue weighted by Crippen LogP contribution is 2.36. The summed E-state index contributed by atoms with van der Waals surface area (Å²) < 4.78 is 29.0. The van der Waals surface area contributed by atoms with Gasteiger partial charge >= 0.3 is 0 Å². The van der Waals surface area contributed by atoms with Crippen LogP contribution >= 0.6 is 46.4 Å². The average Bonchev–Trinajstić information content (AvgIpc) is 2.97. The Kier molecular flexibility index (Phi) is 11.3. The Hall–Kier alpha value is -2.49. The van der Waals surface area contributed by atoms with E-state index in [1.54, 1.807) is 43.3 Å². The van der Waals surface area contributed by atoms with Crippen molar-refractivity contribution in [3.05, 3.63) is 91.9 Å². The highest BCUT2D eigenvalue weighted by molar-refractivity contribution is 7.92. The minimum atomic E-state index is -4.30. The molecule has 1 aliphatic carbocycles. The molecular weight excluding hydrogens is 652 g/mol. The smallest absolute Gasteiger partial charge is 0.264 e. The van der Waals surface area contributed by atoms with Crippen LogP contribution in [0, 0.1) is 6.92 Å². The van der Waals surface area contributed by atoms with E-state index >= 15 is 0 Å². The van der Waals surface area contributed by atoms with Crippen molar-refractivity contribution >= 4 is 73.9 Å². The van der Waals surface area contributed by atoms with Crippen molar-refractivity contribution in [1.29, 1.82) is 0 Å². The van der Waals surface area contributed by atoms with Crippen molar-refractivity contribution in [2.45, 2.75) is 69.5 Å². The Labute approximate surface area is 273 Å². The van der Waals surface area contributed by atoms with E-state index < -0.39 is 28.5 Å². The number of benzene rings is 3. The minimum Gasteiger partial charge on any atom is -0.352 e. The lowest BCUT2D eigenvalue weighted by molar-refractivity contribution is -0.139. The van der Waals surface area contributed by atoms with E-state index in [0.29, 0.717) is 15.6 Å². The van der Waals surface area contributed by atoms with Gasteiger partial charge in [-0.1, -0.05) is 95.5 Å². The summed E-state index contributed by atoms with van der Waals surface area (Å²) in [4.78, 5) is 28.9. The third-order valence-electron chi connectivity index (χ3n) is 7.56. The van der Waals surface area contributed by atoms with Gasteiger partial charge in [0.1, 0.15) is 12.6 Å². The second kappa shape index (κ2) is 14.5. The topological polar surface area (TPSA) is 86.8 Å². The number of amides is 2. The fourth-order valence-electron chi connectivity index (χ4n) is 5.02. The summed E-state index contributed by atoms with van der Waals surface area (Å²) in [5.41, 5.74) is 1.45. The molecule has 0 saturated heterocycles. The predicted octanol–water partition coefficient (Wildman–Crippen LogP) is 7.67. The molecule has 230 valence electrons. The standard InChI is InChI=1S/C31H33Cl4N3O4S/c1-20-11-15-25(16-12-20)43(41,42)38(28-10-6-9-26(33)30(28)35)19-29(39)37(18-22-13-14-23(32)17-27(22)34)21(2)31(40)36-24-7-4-3-5-8-24/h6,9-17,21,24H,3-5,7-8,18-19H2,1-2H3,(H,36,40). The Bertz CT molecular complexity index is 1580. The summed E-state index contributed by atoms with van der Waals surface area (Å²) in [6.45, 7) is 2.74. The third kappa shape index (κ3) is 8.17. The van der Waals surface area contributed by atoms with E-state index in [1.165, 1.54) is 29.2 Å². The predicted molar refractivity (Wildman–Crippen MR) is 174 cm³/mol. The van der Waals surface area contributed by atoms with Crippen molar-refractivity contribution < 1.29 is 18.0 Å². The van der Waals surface area contributed by atoms with Crippen molar-refractivity contribution in [1.82, 2.24) is 10.2 Å². The van der Waals surface area contributed by atoms with Gasteiger partial charge in [-0.25, -0.2) is 8.42 Å². The number of carbonyl (C=O) groups excluding carboxylic acids is 2. The molecule has 0 heterocycles. The molecule has 12 heteroatoms. The molecule has 0 bridgehead atoms. The molecule has 43 heavy (non-hydrogen) atoms. The average molecular weight is 686 g/mol. The molecule has 4 rings (SSSR count). The Morgan fingerprint density at radius 3 is 2.26 bits per heavy atom. The molecule has 1 atom stereocenters. The van der Waals surface area contributed by atoms with Crippen molar-refractivity contribution in [3.8, 4) is 0 Å². The maximum atomic E-state index is 14.2. The fourth-order valence-corrected chi connectivity index (χ4v) is 7.36. The summed E-state index contributed by atoms with van der Waals surface area (Å²) in [5.74, 6) is -0.969. The van der Waals surface area contributed by atoms with Crippen molar-refractivity contribution in [2.24, 2.45) is 0 Å². The molecule has 0 spiro atoms. The van der Waals surface area contributed by atoms with E-state index in [4.69, 9.17) is 46.4 Å². The van der Waals surface area contributed by atoms with Gasteiger partial charge < -0.3 is 10.2 Å². The molecule has 7 nitrogen and oxygen atoms in total. The first-order chi connectivity index (χ1) is 20.4. The third-order valence-corrected chi connectivity index (χ3v) is 10.7. The molecule has 1 aliphatic rings. The van der Waals surface area contributed by atoms with Gasteiger partial charge in [0, 0.05) is 22.6 Å². The van der Waals surface area contributed by atoms with Crippen LogP contribution in [-0.4, -0.2) is 43.8 Å². The van der Waals surface area contributed by atoms with Crippen LogP contribution in [0.2, 0.25) is 20.1 Å². The number of carbonyl (C=O) groups is 2. The van der Waals surface area contributed by atoms with Gasteiger partial charge in [-0.05, 0) is 68.7 Å². The zero-order valence-electron chi connectivity index (χ0n) is 23.8. The summed E-state index contributed by atoms with van der Waals surface area (Å²) >= 11 is 25.3. The lowest BCUT2D eigenvalue weighted by Gasteiger charge is -2.33. The van der Waals surface area contributed by atoms with Crippen molar-refractivity contribution in [2.75, 3.05) is 10.8 Å². The lowest BCUT2D eigenvalue weighted by atomic mass is 9.95. The molecule has 1 unspecified atom stereocenters. The number of rotatable bonds is 10. The monoisotopic (exact) mass is 683 g/mol. The zero-order valence-corrected chi connectivity index (χ0v) is 27.7. The van der Waals surface area contributed by atoms with Crippen LogP contribution in [0.15, 0.2) is 65.6 Å². The molecular formula is C31H33Cl4N3O4S. The Morgan fingerprint density at radius 2 is 1.60 bits per heavy atom. The fraction of sp³-hybridized carbons (Fsp3) is 0.355. The van der Waals surface area contributed by atoms with Gasteiger partial charge in [0.25, 0.3) is 10.0 Å². The van der Waals surface area contributed by atoms with Crippen LogP contribution in [-0.2, 0) is 26.2 Å². The van der Waals surface area contributed by atoms with Crippen LogP contribution in [0.4, 0.5) is 5.69 Å². The van der Waals surface area contributed by atoms with Gasteiger partial charge in [0.2, 0.25) is 11.8 Å². The number of hydrogen-bond donors (Lipinski definition) is 1. The molecule has 1 saturated carbocycles. The largest absolute Gasteiger partial charge is 0.352 e. The van der Waals surface area contributed by atoms with Gasteiger partial charge in [0.15, 0.2) is 0 Å². The molecule has 0 aliphatic heterocycles. The first-order valence-electron chi connectivity index (χ1n) is 14.0. The molecule has 3 aromatic carbocycles. The van der Waals surface area contributed by atoms with Crippen LogP contribution in [0.5, 0.6) is 0 Å². The normalized spacial score (nSPS) is 14.7. The Morgan fingerprint density at radius 1 is 0.930 bits per heavy atom. The number of anilines is 1. The van der Waals surface area contributed by atoms with Crippen LogP contribution in [0.1, 0.15) is 50.2 Å². The SMILES string of the molecule is Cc1ccc(S(=O)(=O)N(CC(=O)N(Cc2ccc(Cl)cc2Cl)C(C)C(=O)NC2CCCCC2)c2cccc(Cl)c2Cl)cc1. The van der Waals surface area contributed by atoms with Crippen LogP contribution < -0.4 is 9.62 Å². The molecule has 1 N–H and O–H groups in total. The molecule has 2 amide bonds. The van der Waals surface area contributed by atoms with Crippen LogP contribution in [0.25, 0.3) is 0 Å². The summed E-state index contributed by atoms with van der Waals surface area (Å²) in [7, 11) is -4.30.